The van der Waals surface area contributed by atoms with Crippen LogP contribution in [0, 0.1) is 11.3 Å². The minimum Gasteiger partial charge on any atom is -0.299 e. The fraction of sp³-hybridized carbons (Fsp3) is 0.625. The molecule has 0 spiro atoms. The van der Waals surface area contributed by atoms with Crippen LogP contribution in [0.25, 0.3) is 0 Å². The van der Waals surface area contributed by atoms with Crippen molar-refractivity contribution >= 4 is 37.6 Å². The lowest BCUT2D eigenvalue weighted by molar-refractivity contribution is -0.139. The van der Waals surface area contributed by atoms with E-state index in [2.05, 4.69) is 31.9 Å². The molecule has 0 aromatic heterocycles. The molecule has 62 valence electrons. The first-order valence-corrected chi connectivity index (χ1v) is 5.20. The molecule has 0 N–H and O–H groups in total. The minimum absolute atomic E-state index is 0.164. The quantitative estimate of drug-likeness (QED) is 0.721. The molecule has 1 fully saturated rings. The summed E-state index contributed by atoms with van der Waals surface area (Å²) in [5, 5.41) is 0. The van der Waals surface area contributed by atoms with Gasteiger partial charge in [0.2, 0.25) is 0 Å². The van der Waals surface area contributed by atoms with Crippen LogP contribution in [0.5, 0.6) is 0 Å². The maximum Gasteiger partial charge on any atom is 0.139 e. The smallest absolute Gasteiger partial charge is 0.139 e. The van der Waals surface area contributed by atoms with E-state index in [1.807, 2.05) is 18.8 Å². The fourth-order valence-electron chi connectivity index (χ4n) is 1.29. The van der Waals surface area contributed by atoms with Crippen LogP contribution in [0.1, 0.15) is 20.3 Å². The number of halogens is 2. The number of carbonyl (C=O) groups excluding carboxylic acids is 1. The molecular weight excluding hydrogens is 272 g/mol. The molecule has 11 heavy (non-hydrogen) atoms. The SMILES string of the molecule is CC1(C)C(=O)CC1/C(Br)=C/Br. The van der Waals surface area contributed by atoms with Crippen molar-refractivity contribution in [3.63, 3.8) is 0 Å². The maximum absolute atomic E-state index is 11.1. The van der Waals surface area contributed by atoms with Crippen LogP contribution < -0.4 is 0 Å². The molecule has 0 saturated heterocycles. The average Bonchev–Trinajstić information content (AvgIpc) is 1.98. The highest BCUT2D eigenvalue weighted by Gasteiger charge is 2.48. The van der Waals surface area contributed by atoms with Crippen molar-refractivity contribution in [2.45, 2.75) is 20.3 Å². The lowest BCUT2D eigenvalue weighted by atomic mass is 9.61. The summed E-state index contributed by atoms with van der Waals surface area (Å²) in [6.45, 7) is 3.97. The van der Waals surface area contributed by atoms with Crippen LogP contribution in [0.4, 0.5) is 0 Å². The second kappa shape index (κ2) is 3.02. The van der Waals surface area contributed by atoms with E-state index in [0.29, 0.717) is 18.1 Å². The zero-order valence-electron chi connectivity index (χ0n) is 6.53. The van der Waals surface area contributed by atoms with Crippen molar-refractivity contribution in [2.75, 3.05) is 0 Å². The molecule has 0 amide bonds. The summed E-state index contributed by atoms with van der Waals surface area (Å²) in [5.74, 6) is 0.725. The molecule has 0 aromatic carbocycles. The lowest BCUT2D eigenvalue weighted by Gasteiger charge is -2.42. The highest BCUT2D eigenvalue weighted by Crippen LogP contribution is 2.48. The number of carbonyl (C=O) groups is 1. The van der Waals surface area contributed by atoms with Crippen molar-refractivity contribution in [1.29, 1.82) is 0 Å². The van der Waals surface area contributed by atoms with Gasteiger partial charge in [0.05, 0.1) is 0 Å². The average molecular weight is 282 g/mol. The van der Waals surface area contributed by atoms with Gasteiger partial charge in [0.15, 0.2) is 0 Å². The van der Waals surface area contributed by atoms with E-state index in [1.54, 1.807) is 0 Å². The number of hydrogen-bond donors (Lipinski definition) is 0. The van der Waals surface area contributed by atoms with Gasteiger partial charge in [-0.3, -0.25) is 4.79 Å². The highest BCUT2D eigenvalue weighted by atomic mass is 79.9. The van der Waals surface area contributed by atoms with Crippen molar-refractivity contribution in [1.82, 2.24) is 0 Å². The van der Waals surface area contributed by atoms with E-state index in [9.17, 15) is 4.79 Å². The summed E-state index contributed by atoms with van der Waals surface area (Å²) in [5.41, 5.74) is -0.164. The first kappa shape index (κ1) is 9.46. The van der Waals surface area contributed by atoms with Crippen LogP contribution in [0.15, 0.2) is 9.47 Å². The van der Waals surface area contributed by atoms with Gasteiger partial charge in [-0.1, -0.05) is 45.7 Å². The number of Topliss-reactive ketones (excluding diaryl/α,β-unsaturated/α-hetero) is 1. The molecular formula is C8H10Br2O. The van der Waals surface area contributed by atoms with Gasteiger partial charge < -0.3 is 0 Å². The number of rotatable bonds is 1. The normalized spacial score (nSPS) is 30.0. The summed E-state index contributed by atoms with van der Waals surface area (Å²) < 4.78 is 1.09. The molecule has 0 bridgehead atoms. The van der Waals surface area contributed by atoms with E-state index < -0.39 is 0 Å². The van der Waals surface area contributed by atoms with Crippen molar-refractivity contribution in [2.24, 2.45) is 11.3 Å². The third-order valence-electron chi connectivity index (χ3n) is 2.42. The van der Waals surface area contributed by atoms with Gasteiger partial charge in [-0.05, 0) is 4.99 Å². The predicted octanol–water partition coefficient (Wildman–Crippen LogP) is 3.23. The molecule has 1 nitrogen and oxygen atoms in total. The topological polar surface area (TPSA) is 17.1 Å². The number of ketones is 1. The molecule has 1 saturated carbocycles. The summed E-state index contributed by atoms with van der Waals surface area (Å²) >= 11 is 6.66. The van der Waals surface area contributed by atoms with Crippen LogP contribution in [-0.4, -0.2) is 5.78 Å². The Morgan fingerprint density at radius 1 is 1.73 bits per heavy atom. The van der Waals surface area contributed by atoms with Gasteiger partial charge in [0.1, 0.15) is 5.78 Å². The predicted molar refractivity (Wildman–Crippen MR) is 52.8 cm³/mol. The summed E-state index contributed by atoms with van der Waals surface area (Å²) in [6.07, 6.45) is 0.676. The van der Waals surface area contributed by atoms with Crippen molar-refractivity contribution < 1.29 is 4.79 Å². The third-order valence-corrected chi connectivity index (χ3v) is 4.31. The Morgan fingerprint density at radius 3 is 2.55 bits per heavy atom. The van der Waals surface area contributed by atoms with Crippen LogP contribution in [0.3, 0.4) is 0 Å². The van der Waals surface area contributed by atoms with Crippen molar-refractivity contribution in [3.8, 4) is 0 Å². The van der Waals surface area contributed by atoms with Crippen LogP contribution >= 0.6 is 31.9 Å². The number of hydrogen-bond acceptors (Lipinski definition) is 1. The van der Waals surface area contributed by atoms with Crippen LogP contribution in [-0.2, 0) is 4.79 Å². The first-order valence-electron chi connectivity index (χ1n) is 3.49. The zero-order valence-corrected chi connectivity index (χ0v) is 9.70. The monoisotopic (exact) mass is 280 g/mol. The van der Waals surface area contributed by atoms with E-state index in [-0.39, 0.29) is 5.41 Å². The molecule has 1 aliphatic carbocycles. The van der Waals surface area contributed by atoms with E-state index in [4.69, 9.17) is 0 Å². The minimum atomic E-state index is -0.164. The lowest BCUT2D eigenvalue weighted by Crippen LogP contribution is -2.45. The van der Waals surface area contributed by atoms with Crippen LogP contribution in [0.2, 0.25) is 0 Å². The number of allylic oxidation sites excluding steroid dienone is 1. The van der Waals surface area contributed by atoms with Gasteiger partial charge in [-0.2, -0.15) is 0 Å². The fourth-order valence-corrected chi connectivity index (χ4v) is 2.34. The summed E-state index contributed by atoms with van der Waals surface area (Å²) in [6, 6.07) is 0. The Labute approximate surface area is 83.5 Å². The molecule has 0 radical (unpaired) electrons. The Balaban J connectivity index is 2.75. The van der Waals surface area contributed by atoms with Gasteiger partial charge in [0, 0.05) is 22.2 Å². The molecule has 3 heteroatoms. The van der Waals surface area contributed by atoms with Gasteiger partial charge in [-0.25, -0.2) is 0 Å². The zero-order chi connectivity index (χ0) is 8.65. The summed E-state index contributed by atoms with van der Waals surface area (Å²) in [4.78, 5) is 13.0. The molecule has 1 unspecified atom stereocenters. The second-order valence-corrected chi connectivity index (χ2v) is 4.77. The second-order valence-electron chi connectivity index (χ2n) is 3.40. The highest BCUT2D eigenvalue weighted by molar-refractivity contribution is 9.14. The van der Waals surface area contributed by atoms with Crippen molar-refractivity contribution in [3.05, 3.63) is 9.47 Å². The van der Waals surface area contributed by atoms with Gasteiger partial charge in [0.25, 0.3) is 0 Å². The Kier molecular flexibility index (Phi) is 2.59. The summed E-state index contributed by atoms with van der Waals surface area (Å²) in [7, 11) is 0. The van der Waals surface area contributed by atoms with E-state index in [0.717, 1.165) is 4.48 Å². The van der Waals surface area contributed by atoms with Gasteiger partial charge in [-0.15, -0.1) is 0 Å². The Morgan fingerprint density at radius 2 is 2.27 bits per heavy atom. The molecule has 0 heterocycles. The molecule has 0 aliphatic heterocycles. The maximum atomic E-state index is 11.1. The molecule has 1 rings (SSSR count). The molecule has 0 aromatic rings. The largest absolute Gasteiger partial charge is 0.299 e. The molecule has 1 atom stereocenters. The van der Waals surface area contributed by atoms with E-state index in [1.165, 1.54) is 0 Å². The Hall–Kier alpha value is 0.370. The Bertz CT molecular complexity index is 218. The van der Waals surface area contributed by atoms with Gasteiger partial charge >= 0.3 is 0 Å². The first-order chi connectivity index (χ1) is 5.00. The standard InChI is InChI=1S/C8H10Br2O/c1-8(2)5(3-7(8)11)6(10)4-9/h4-5H,3H2,1-2H3/b6-4-. The third kappa shape index (κ3) is 1.45. The molecule has 1 aliphatic rings. The van der Waals surface area contributed by atoms with E-state index >= 15 is 0 Å².